The molecule has 0 unspecified atom stereocenters. The van der Waals surface area contributed by atoms with Gasteiger partial charge >= 0.3 is 5.97 Å². The van der Waals surface area contributed by atoms with Gasteiger partial charge in [0, 0.05) is 13.1 Å². The normalized spacial score (nSPS) is 9.76. The van der Waals surface area contributed by atoms with E-state index in [0.29, 0.717) is 0 Å². The van der Waals surface area contributed by atoms with Gasteiger partial charge in [0.2, 0.25) is 0 Å². The first-order valence-corrected chi connectivity index (χ1v) is 4.80. The Hall–Kier alpha value is -2.24. The van der Waals surface area contributed by atoms with E-state index in [1.165, 1.54) is 26.3 Å². The maximum absolute atomic E-state index is 11.8. The summed E-state index contributed by atoms with van der Waals surface area (Å²) in [5.41, 5.74) is 0.00852. The highest BCUT2D eigenvalue weighted by Crippen LogP contribution is 2.23. The molecular weight excluding hydrogens is 226 g/mol. The highest BCUT2D eigenvalue weighted by atomic mass is 16.5. The molecule has 2 N–H and O–H groups in total. The van der Waals surface area contributed by atoms with Crippen LogP contribution in [0.15, 0.2) is 18.2 Å². The standard InChI is InChI=1S/C11H13NO5/c1-12(6-10(15)17-2)11(16)8-4-3-7(13)5-9(8)14/h3-5,13-14H,6H2,1-2H3. The SMILES string of the molecule is COC(=O)CN(C)C(=O)c1ccc(O)cc1O. The Morgan fingerprint density at radius 1 is 1.35 bits per heavy atom. The van der Waals surface area contributed by atoms with Crippen LogP contribution < -0.4 is 0 Å². The van der Waals surface area contributed by atoms with Gasteiger partial charge in [-0.1, -0.05) is 0 Å². The molecule has 0 fully saturated rings. The first kappa shape index (κ1) is 12.8. The molecule has 6 heteroatoms. The van der Waals surface area contributed by atoms with Crippen molar-refractivity contribution in [3.63, 3.8) is 0 Å². The third kappa shape index (κ3) is 3.10. The van der Waals surface area contributed by atoms with Crippen LogP contribution in [0.4, 0.5) is 0 Å². The fourth-order valence-corrected chi connectivity index (χ4v) is 1.24. The molecule has 1 rings (SSSR count). The van der Waals surface area contributed by atoms with E-state index in [-0.39, 0.29) is 23.6 Å². The summed E-state index contributed by atoms with van der Waals surface area (Å²) >= 11 is 0. The molecule has 0 aromatic heterocycles. The average Bonchev–Trinajstić information content (AvgIpc) is 2.28. The third-order valence-electron chi connectivity index (χ3n) is 2.15. The number of phenolic OH excluding ortho intramolecular Hbond substituents is 2. The van der Waals surface area contributed by atoms with Gasteiger partial charge in [-0.25, -0.2) is 0 Å². The van der Waals surface area contributed by atoms with Gasteiger partial charge in [0.15, 0.2) is 0 Å². The number of hydrogen-bond donors (Lipinski definition) is 2. The Labute approximate surface area is 98.0 Å². The zero-order chi connectivity index (χ0) is 13.0. The third-order valence-corrected chi connectivity index (χ3v) is 2.15. The Morgan fingerprint density at radius 3 is 2.53 bits per heavy atom. The van der Waals surface area contributed by atoms with Crippen molar-refractivity contribution in [1.82, 2.24) is 4.90 Å². The van der Waals surface area contributed by atoms with Gasteiger partial charge in [-0.3, -0.25) is 9.59 Å². The Bertz CT molecular complexity index is 443. The average molecular weight is 239 g/mol. The molecular formula is C11H13NO5. The number of carbonyl (C=O) groups is 2. The van der Waals surface area contributed by atoms with Crippen LogP contribution in [0.3, 0.4) is 0 Å². The van der Waals surface area contributed by atoms with E-state index in [2.05, 4.69) is 4.74 Å². The fraction of sp³-hybridized carbons (Fsp3) is 0.273. The summed E-state index contributed by atoms with van der Waals surface area (Å²) in [5, 5.41) is 18.6. The minimum Gasteiger partial charge on any atom is -0.508 e. The lowest BCUT2D eigenvalue weighted by molar-refractivity contribution is -0.141. The summed E-state index contributed by atoms with van der Waals surface area (Å²) in [4.78, 5) is 23.9. The number of ether oxygens (including phenoxy) is 1. The van der Waals surface area contributed by atoms with Crippen LogP contribution >= 0.6 is 0 Å². The lowest BCUT2D eigenvalue weighted by Crippen LogP contribution is -2.32. The predicted molar refractivity (Wildman–Crippen MR) is 58.7 cm³/mol. The van der Waals surface area contributed by atoms with Gasteiger partial charge in [-0.15, -0.1) is 0 Å². The van der Waals surface area contributed by atoms with Gasteiger partial charge < -0.3 is 19.8 Å². The molecule has 1 aromatic rings. The number of carbonyl (C=O) groups excluding carboxylic acids is 2. The summed E-state index contributed by atoms with van der Waals surface area (Å²) in [7, 11) is 2.63. The Morgan fingerprint density at radius 2 is 2.00 bits per heavy atom. The van der Waals surface area contributed by atoms with Crippen molar-refractivity contribution in [2.45, 2.75) is 0 Å². The molecule has 6 nitrogen and oxygen atoms in total. The van der Waals surface area contributed by atoms with Gasteiger partial charge in [0.1, 0.15) is 18.0 Å². The van der Waals surface area contributed by atoms with Gasteiger partial charge in [0.25, 0.3) is 5.91 Å². The Balaban J connectivity index is 2.85. The number of nitrogens with zero attached hydrogens (tertiary/aromatic N) is 1. The van der Waals surface area contributed by atoms with E-state index in [1.807, 2.05) is 0 Å². The molecule has 0 saturated heterocycles. The van der Waals surface area contributed by atoms with Crippen LogP contribution in [-0.2, 0) is 9.53 Å². The fourth-order valence-electron chi connectivity index (χ4n) is 1.24. The monoisotopic (exact) mass is 239 g/mol. The second-order valence-corrected chi connectivity index (χ2v) is 3.44. The molecule has 1 aromatic carbocycles. The number of benzene rings is 1. The largest absolute Gasteiger partial charge is 0.508 e. The highest BCUT2D eigenvalue weighted by molar-refractivity contribution is 5.98. The quantitative estimate of drug-likeness (QED) is 0.743. The molecule has 1 amide bonds. The first-order valence-electron chi connectivity index (χ1n) is 4.80. The number of rotatable bonds is 3. The topological polar surface area (TPSA) is 87.1 Å². The number of esters is 1. The number of amides is 1. The summed E-state index contributed by atoms with van der Waals surface area (Å²) in [6.07, 6.45) is 0. The van der Waals surface area contributed by atoms with Crippen LogP contribution in [-0.4, -0.2) is 47.7 Å². The van der Waals surface area contributed by atoms with E-state index in [9.17, 15) is 14.7 Å². The van der Waals surface area contributed by atoms with Crippen molar-refractivity contribution in [1.29, 1.82) is 0 Å². The molecule has 17 heavy (non-hydrogen) atoms. The summed E-state index contributed by atoms with van der Waals surface area (Å²) in [5.74, 6) is -1.58. The van der Waals surface area contributed by atoms with Crippen LogP contribution in [0.5, 0.6) is 11.5 Å². The molecule has 0 heterocycles. The summed E-state index contributed by atoms with van der Waals surface area (Å²) in [6.45, 7) is -0.213. The summed E-state index contributed by atoms with van der Waals surface area (Å²) in [6, 6.07) is 3.61. The highest BCUT2D eigenvalue weighted by Gasteiger charge is 2.18. The van der Waals surface area contributed by atoms with E-state index in [0.717, 1.165) is 11.0 Å². The molecule has 0 spiro atoms. The smallest absolute Gasteiger partial charge is 0.325 e. The number of aromatic hydroxyl groups is 2. The van der Waals surface area contributed by atoms with E-state index < -0.39 is 11.9 Å². The maximum atomic E-state index is 11.8. The van der Waals surface area contributed by atoms with Crippen LogP contribution in [0.25, 0.3) is 0 Å². The predicted octanol–water partition coefficient (Wildman–Crippen LogP) is 0.343. The molecule has 0 saturated carbocycles. The number of phenols is 2. The van der Waals surface area contributed by atoms with Gasteiger partial charge in [-0.05, 0) is 12.1 Å². The number of hydrogen-bond acceptors (Lipinski definition) is 5. The maximum Gasteiger partial charge on any atom is 0.325 e. The zero-order valence-corrected chi connectivity index (χ0v) is 9.51. The lowest BCUT2D eigenvalue weighted by atomic mass is 10.1. The second kappa shape index (κ2) is 5.20. The second-order valence-electron chi connectivity index (χ2n) is 3.44. The minimum absolute atomic E-state index is 0.00852. The number of methoxy groups -OCH3 is 1. The minimum atomic E-state index is -0.556. The van der Waals surface area contributed by atoms with Crippen molar-refractivity contribution in [2.24, 2.45) is 0 Å². The van der Waals surface area contributed by atoms with E-state index in [4.69, 9.17) is 5.11 Å². The van der Waals surface area contributed by atoms with E-state index in [1.54, 1.807) is 0 Å². The molecule has 0 aliphatic carbocycles. The molecule has 0 aliphatic heterocycles. The molecule has 92 valence electrons. The molecule has 0 atom stereocenters. The summed E-state index contributed by atoms with van der Waals surface area (Å²) < 4.78 is 4.42. The van der Waals surface area contributed by atoms with Crippen molar-refractivity contribution >= 4 is 11.9 Å². The van der Waals surface area contributed by atoms with Crippen molar-refractivity contribution in [2.75, 3.05) is 20.7 Å². The lowest BCUT2D eigenvalue weighted by Gasteiger charge is -2.16. The van der Waals surface area contributed by atoms with Crippen molar-refractivity contribution in [3.8, 4) is 11.5 Å². The zero-order valence-electron chi connectivity index (χ0n) is 9.51. The van der Waals surface area contributed by atoms with Crippen LogP contribution in [0.2, 0.25) is 0 Å². The van der Waals surface area contributed by atoms with Gasteiger partial charge in [0.05, 0.1) is 12.7 Å². The van der Waals surface area contributed by atoms with E-state index >= 15 is 0 Å². The van der Waals surface area contributed by atoms with Crippen molar-refractivity contribution in [3.05, 3.63) is 23.8 Å². The van der Waals surface area contributed by atoms with Crippen molar-refractivity contribution < 1.29 is 24.5 Å². The van der Waals surface area contributed by atoms with Crippen LogP contribution in [0, 0.1) is 0 Å². The number of likely N-dealkylation sites (N-methyl/N-ethyl adjacent to an activating group) is 1. The molecule has 0 aliphatic rings. The van der Waals surface area contributed by atoms with Crippen LogP contribution in [0.1, 0.15) is 10.4 Å². The first-order chi connectivity index (χ1) is 7.95. The van der Waals surface area contributed by atoms with Gasteiger partial charge in [-0.2, -0.15) is 0 Å². The Kier molecular flexibility index (Phi) is 3.92. The molecule has 0 bridgehead atoms. The molecule has 0 radical (unpaired) electrons.